The summed E-state index contributed by atoms with van der Waals surface area (Å²) in [5, 5.41) is 14.8. The van der Waals surface area contributed by atoms with Crippen LogP contribution in [0.25, 0.3) is 5.69 Å². The van der Waals surface area contributed by atoms with E-state index in [2.05, 4.69) is 51.1 Å². The van der Waals surface area contributed by atoms with Crippen molar-refractivity contribution in [1.29, 1.82) is 0 Å². The van der Waals surface area contributed by atoms with Gasteiger partial charge in [-0.1, -0.05) is 12.1 Å². The van der Waals surface area contributed by atoms with Crippen molar-refractivity contribution in [2.45, 2.75) is 18.7 Å². The second-order valence-corrected chi connectivity index (χ2v) is 7.29. The third kappa shape index (κ3) is 3.77. The smallest absolute Gasteiger partial charge is 0.0834 e. The molecule has 2 aliphatic heterocycles. The summed E-state index contributed by atoms with van der Waals surface area (Å²) in [6.07, 6.45) is 3.50. The van der Waals surface area contributed by atoms with Crippen LogP contribution in [-0.4, -0.2) is 88.0 Å². The SMILES string of the molecule is CN1CCN([C@@H]2CN(Cc3ccc(-n4cccn4)cc3)C[C@H]2O)CC1. The molecule has 0 bridgehead atoms. The number of likely N-dealkylation sites (N-methyl/N-ethyl adjacent to an activating group) is 1. The molecule has 6 nitrogen and oxygen atoms in total. The minimum atomic E-state index is -0.244. The average molecular weight is 341 g/mol. The third-order valence-corrected chi connectivity index (χ3v) is 5.45. The van der Waals surface area contributed by atoms with E-state index in [-0.39, 0.29) is 12.1 Å². The van der Waals surface area contributed by atoms with E-state index < -0.39 is 0 Å². The number of likely N-dealkylation sites (tertiary alicyclic amines) is 1. The van der Waals surface area contributed by atoms with Gasteiger partial charge in [0.25, 0.3) is 0 Å². The fourth-order valence-electron chi connectivity index (χ4n) is 3.92. The van der Waals surface area contributed by atoms with Gasteiger partial charge in [0.05, 0.1) is 11.8 Å². The largest absolute Gasteiger partial charge is 0.390 e. The van der Waals surface area contributed by atoms with Crippen LogP contribution in [0.15, 0.2) is 42.7 Å². The quantitative estimate of drug-likeness (QED) is 0.886. The van der Waals surface area contributed by atoms with E-state index >= 15 is 0 Å². The van der Waals surface area contributed by atoms with Gasteiger partial charge in [0.1, 0.15) is 0 Å². The van der Waals surface area contributed by atoms with Crippen molar-refractivity contribution in [1.82, 2.24) is 24.5 Å². The number of β-amino-alcohol motifs (C(OH)–C–C–N with tert-alkyl or cyclic N) is 1. The lowest BCUT2D eigenvalue weighted by Gasteiger charge is -2.37. The van der Waals surface area contributed by atoms with E-state index in [0.29, 0.717) is 0 Å². The van der Waals surface area contributed by atoms with Crippen LogP contribution in [0, 0.1) is 0 Å². The normalized spacial score (nSPS) is 26.3. The number of rotatable bonds is 4. The van der Waals surface area contributed by atoms with Crippen LogP contribution in [0.5, 0.6) is 0 Å². The Morgan fingerprint density at radius 1 is 1.08 bits per heavy atom. The number of nitrogens with zero attached hydrogens (tertiary/aromatic N) is 5. The van der Waals surface area contributed by atoms with Gasteiger partial charge in [0.2, 0.25) is 0 Å². The molecule has 2 aromatic rings. The summed E-state index contributed by atoms with van der Waals surface area (Å²) in [4.78, 5) is 7.19. The summed E-state index contributed by atoms with van der Waals surface area (Å²) in [7, 11) is 2.17. The maximum Gasteiger partial charge on any atom is 0.0834 e. The molecule has 25 heavy (non-hydrogen) atoms. The van der Waals surface area contributed by atoms with Crippen LogP contribution in [-0.2, 0) is 6.54 Å². The Balaban J connectivity index is 1.35. The second kappa shape index (κ2) is 7.25. The number of aromatic nitrogens is 2. The molecule has 0 radical (unpaired) electrons. The average Bonchev–Trinajstić information content (AvgIpc) is 3.27. The number of benzene rings is 1. The van der Waals surface area contributed by atoms with Crippen molar-refractivity contribution in [3.63, 3.8) is 0 Å². The lowest BCUT2D eigenvalue weighted by molar-refractivity contribution is 0.0512. The van der Waals surface area contributed by atoms with E-state index in [9.17, 15) is 5.11 Å². The Morgan fingerprint density at radius 3 is 2.52 bits per heavy atom. The first-order chi connectivity index (χ1) is 12.2. The van der Waals surface area contributed by atoms with Crippen molar-refractivity contribution >= 4 is 0 Å². The van der Waals surface area contributed by atoms with Crippen molar-refractivity contribution in [2.75, 3.05) is 46.3 Å². The highest BCUT2D eigenvalue weighted by Gasteiger charge is 2.36. The van der Waals surface area contributed by atoms with Crippen LogP contribution >= 0.6 is 0 Å². The summed E-state index contributed by atoms with van der Waals surface area (Å²) < 4.78 is 1.87. The lowest BCUT2D eigenvalue weighted by Crippen LogP contribution is -2.52. The molecule has 4 rings (SSSR count). The van der Waals surface area contributed by atoms with Gasteiger partial charge in [-0.05, 0) is 30.8 Å². The van der Waals surface area contributed by atoms with E-state index in [1.807, 2.05) is 16.9 Å². The molecule has 6 heteroatoms. The molecule has 1 aromatic carbocycles. The molecule has 1 aromatic heterocycles. The molecule has 134 valence electrons. The maximum atomic E-state index is 10.5. The second-order valence-electron chi connectivity index (χ2n) is 7.29. The summed E-state index contributed by atoms with van der Waals surface area (Å²) in [6, 6.07) is 10.7. The lowest BCUT2D eigenvalue weighted by atomic mass is 10.1. The first-order valence-corrected chi connectivity index (χ1v) is 9.11. The first-order valence-electron chi connectivity index (χ1n) is 9.11. The zero-order chi connectivity index (χ0) is 17.2. The van der Waals surface area contributed by atoms with Crippen molar-refractivity contribution < 1.29 is 5.11 Å². The van der Waals surface area contributed by atoms with Crippen LogP contribution < -0.4 is 0 Å². The van der Waals surface area contributed by atoms with Crippen molar-refractivity contribution in [3.05, 3.63) is 48.3 Å². The first kappa shape index (κ1) is 16.7. The summed E-state index contributed by atoms with van der Waals surface area (Å²) in [5.41, 5.74) is 2.35. The number of hydrogen-bond acceptors (Lipinski definition) is 5. The molecule has 0 unspecified atom stereocenters. The molecule has 1 N–H and O–H groups in total. The molecule has 2 saturated heterocycles. The Morgan fingerprint density at radius 2 is 1.84 bits per heavy atom. The van der Waals surface area contributed by atoms with Crippen molar-refractivity contribution in [2.24, 2.45) is 0 Å². The Hall–Kier alpha value is -1.73. The highest BCUT2D eigenvalue weighted by atomic mass is 16.3. The van der Waals surface area contributed by atoms with Gasteiger partial charge in [0.15, 0.2) is 0 Å². The van der Waals surface area contributed by atoms with Gasteiger partial charge in [-0.15, -0.1) is 0 Å². The topological polar surface area (TPSA) is 47.8 Å². The zero-order valence-corrected chi connectivity index (χ0v) is 14.8. The molecular weight excluding hydrogens is 314 g/mol. The van der Waals surface area contributed by atoms with Crippen LogP contribution in [0.1, 0.15) is 5.56 Å². The zero-order valence-electron chi connectivity index (χ0n) is 14.8. The number of hydrogen-bond donors (Lipinski definition) is 1. The number of aliphatic hydroxyl groups excluding tert-OH is 1. The van der Waals surface area contributed by atoms with Crippen LogP contribution in [0.2, 0.25) is 0 Å². The van der Waals surface area contributed by atoms with E-state index in [1.54, 1.807) is 6.20 Å². The van der Waals surface area contributed by atoms with E-state index in [0.717, 1.165) is 51.5 Å². The molecule has 0 spiro atoms. The van der Waals surface area contributed by atoms with Gasteiger partial charge >= 0.3 is 0 Å². The monoisotopic (exact) mass is 341 g/mol. The molecular formula is C19H27N5O. The Kier molecular flexibility index (Phi) is 4.85. The highest BCUT2D eigenvalue weighted by molar-refractivity contribution is 5.33. The van der Waals surface area contributed by atoms with E-state index in [1.165, 1.54) is 5.56 Å². The molecule has 2 fully saturated rings. The van der Waals surface area contributed by atoms with Crippen molar-refractivity contribution in [3.8, 4) is 5.69 Å². The molecule has 3 heterocycles. The molecule has 0 aliphatic carbocycles. The van der Waals surface area contributed by atoms with Gasteiger partial charge in [-0.3, -0.25) is 9.80 Å². The summed E-state index contributed by atoms with van der Waals surface area (Å²) in [6.45, 7) is 6.91. The standard InChI is InChI=1S/C19H27N5O/c1-21-9-11-23(12-10-21)18-14-22(15-19(18)25)13-16-3-5-17(6-4-16)24-8-2-7-20-24/h2-8,18-19,25H,9-15H2,1H3/t18-,19-/m1/s1. The molecule has 0 saturated carbocycles. The fraction of sp³-hybridized carbons (Fsp3) is 0.526. The van der Waals surface area contributed by atoms with Crippen LogP contribution in [0.3, 0.4) is 0 Å². The van der Waals surface area contributed by atoms with Gasteiger partial charge in [-0.2, -0.15) is 5.10 Å². The van der Waals surface area contributed by atoms with Crippen LogP contribution in [0.4, 0.5) is 0 Å². The number of piperazine rings is 1. The fourth-order valence-corrected chi connectivity index (χ4v) is 3.92. The Labute approximate surface area is 149 Å². The molecule has 2 atom stereocenters. The third-order valence-electron chi connectivity index (χ3n) is 5.45. The minimum Gasteiger partial charge on any atom is -0.390 e. The van der Waals surface area contributed by atoms with Gasteiger partial charge in [0, 0.05) is 64.2 Å². The summed E-state index contributed by atoms with van der Waals surface area (Å²) in [5.74, 6) is 0. The van der Waals surface area contributed by atoms with E-state index in [4.69, 9.17) is 0 Å². The molecule has 0 amide bonds. The minimum absolute atomic E-state index is 0.244. The highest BCUT2D eigenvalue weighted by Crippen LogP contribution is 2.20. The maximum absolute atomic E-state index is 10.5. The number of aliphatic hydroxyl groups is 1. The van der Waals surface area contributed by atoms with Gasteiger partial charge in [-0.25, -0.2) is 4.68 Å². The van der Waals surface area contributed by atoms with Gasteiger partial charge < -0.3 is 10.0 Å². The molecule has 2 aliphatic rings. The summed E-state index contributed by atoms with van der Waals surface area (Å²) >= 11 is 0. The predicted molar refractivity (Wildman–Crippen MR) is 97.7 cm³/mol. The Bertz CT molecular complexity index is 664. The predicted octanol–water partition coefficient (Wildman–Crippen LogP) is 0.665.